The number of Topliss-reactive ketones (excluding diaryl/α,β-unsaturated/α-hetero) is 1. The maximum absolute atomic E-state index is 13.5. The molecule has 1 atom stereocenters. The number of ketones is 1. The molecule has 1 amide bonds. The fourth-order valence-corrected chi connectivity index (χ4v) is 4.45. The van der Waals surface area contributed by atoms with Crippen LogP contribution in [0.25, 0.3) is 5.76 Å². The molecular formula is C23H21FN2O5. The van der Waals surface area contributed by atoms with Crippen LogP contribution >= 0.6 is 0 Å². The van der Waals surface area contributed by atoms with Crippen molar-refractivity contribution in [3.8, 4) is 0 Å². The van der Waals surface area contributed by atoms with E-state index in [0.717, 1.165) is 32.1 Å². The number of aliphatic hydroxyl groups excluding tert-OH is 1. The molecular weight excluding hydrogens is 403 g/mol. The van der Waals surface area contributed by atoms with Crippen LogP contribution in [0.15, 0.2) is 54.1 Å². The maximum atomic E-state index is 13.5. The molecule has 1 saturated heterocycles. The van der Waals surface area contributed by atoms with Gasteiger partial charge in [0.25, 0.3) is 17.4 Å². The second-order valence-corrected chi connectivity index (χ2v) is 7.85. The first-order valence-electron chi connectivity index (χ1n) is 10.2. The van der Waals surface area contributed by atoms with Crippen molar-refractivity contribution in [3.05, 3.63) is 81.2 Å². The lowest BCUT2D eigenvalue weighted by Gasteiger charge is -2.35. The zero-order valence-corrected chi connectivity index (χ0v) is 16.7. The summed E-state index contributed by atoms with van der Waals surface area (Å²) in [5.74, 6) is -2.35. The van der Waals surface area contributed by atoms with Gasteiger partial charge >= 0.3 is 0 Å². The van der Waals surface area contributed by atoms with Crippen LogP contribution in [-0.4, -0.2) is 32.7 Å². The highest BCUT2D eigenvalue weighted by Gasteiger charge is 2.48. The van der Waals surface area contributed by atoms with Crippen molar-refractivity contribution < 1.29 is 24.0 Å². The fraction of sp³-hybridized carbons (Fsp3) is 0.304. The normalized spacial score (nSPS) is 21.5. The summed E-state index contributed by atoms with van der Waals surface area (Å²) in [5.41, 5.74) is 0.472. The van der Waals surface area contributed by atoms with Crippen molar-refractivity contribution in [2.45, 2.75) is 44.2 Å². The summed E-state index contributed by atoms with van der Waals surface area (Å²) in [6, 6.07) is 9.63. The lowest BCUT2D eigenvalue weighted by molar-refractivity contribution is -0.384. The van der Waals surface area contributed by atoms with E-state index < -0.39 is 34.2 Å². The minimum atomic E-state index is -0.848. The molecule has 1 N–H and O–H groups in total. The second-order valence-electron chi connectivity index (χ2n) is 7.85. The molecule has 160 valence electrons. The van der Waals surface area contributed by atoms with Crippen LogP contribution in [0.3, 0.4) is 0 Å². The number of non-ortho nitro benzene ring substituents is 1. The Labute approximate surface area is 177 Å². The maximum Gasteiger partial charge on any atom is 0.295 e. The van der Waals surface area contributed by atoms with Crippen LogP contribution in [0, 0.1) is 15.9 Å². The third-order valence-electron chi connectivity index (χ3n) is 5.99. The molecule has 0 bridgehead atoms. The number of hydrogen-bond acceptors (Lipinski definition) is 5. The first-order valence-corrected chi connectivity index (χ1v) is 10.2. The first-order chi connectivity index (χ1) is 14.9. The summed E-state index contributed by atoms with van der Waals surface area (Å²) in [6.07, 6.45) is 4.44. The summed E-state index contributed by atoms with van der Waals surface area (Å²) in [5, 5.41) is 21.9. The van der Waals surface area contributed by atoms with Gasteiger partial charge in [0, 0.05) is 23.7 Å². The van der Waals surface area contributed by atoms with Crippen molar-refractivity contribution in [2.75, 3.05) is 0 Å². The molecule has 8 heteroatoms. The van der Waals surface area contributed by atoms with E-state index in [2.05, 4.69) is 0 Å². The fourth-order valence-electron chi connectivity index (χ4n) is 4.45. The molecule has 31 heavy (non-hydrogen) atoms. The summed E-state index contributed by atoms with van der Waals surface area (Å²) < 4.78 is 13.5. The highest BCUT2D eigenvalue weighted by molar-refractivity contribution is 6.46. The number of aliphatic hydroxyl groups is 1. The van der Waals surface area contributed by atoms with Crippen LogP contribution < -0.4 is 0 Å². The zero-order chi connectivity index (χ0) is 22.1. The number of amides is 1. The van der Waals surface area contributed by atoms with E-state index in [4.69, 9.17) is 0 Å². The van der Waals surface area contributed by atoms with E-state index >= 15 is 0 Å². The number of hydrogen-bond donors (Lipinski definition) is 1. The summed E-state index contributed by atoms with van der Waals surface area (Å²) >= 11 is 0. The van der Waals surface area contributed by atoms with Crippen LogP contribution in [0.5, 0.6) is 0 Å². The van der Waals surface area contributed by atoms with Gasteiger partial charge in [0.05, 0.1) is 16.5 Å². The number of nitro benzene ring substituents is 1. The largest absolute Gasteiger partial charge is 0.507 e. The van der Waals surface area contributed by atoms with E-state index in [9.17, 15) is 29.2 Å². The molecule has 2 aliphatic rings. The number of likely N-dealkylation sites (tertiary alicyclic amines) is 1. The Hall–Kier alpha value is -3.55. The van der Waals surface area contributed by atoms with Crippen LogP contribution in [-0.2, 0) is 9.59 Å². The number of halogens is 1. The number of carbonyl (C=O) groups excluding carboxylic acids is 2. The lowest BCUT2D eigenvalue weighted by Crippen LogP contribution is -2.40. The Morgan fingerprint density at radius 1 is 1.00 bits per heavy atom. The number of nitro groups is 1. The highest BCUT2D eigenvalue weighted by Crippen LogP contribution is 2.43. The standard InChI is InChI=1S/C23H21FN2O5/c24-16-10-6-14(7-11-16)20-19(21(27)15-8-12-18(13-9-15)26(30)31)22(28)23(29)25(20)17-4-2-1-3-5-17/h6-13,17,20,27H,1-5H2/b21-19-. The average molecular weight is 424 g/mol. The van der Waals surface area contributed by atoms with Gasteiger partial charge in [-0.1, -0.05) is 31.4 Å². The molecule has 2 aromatic carbocycles. The van der Waals surface area contributed by atoms with Crippen molar-refractivity contribution in [3.63, 3.8) is 0 Å². The van der Waals surface area contributed by atoms with Crippen LogP contribution in [0.4, 0.5) is 10.1 Å². The van der Waals surface area contributed by atoms with Gasteiger partial charge in [-0.2, -0.15) is 0 Å². The molecule has 1 aliphatic carbocycles. The summed E-state index contributed by atoms with van der Waals surface area (Å²) in [4.78, 5) is 37.9. The van der Waals surface area contributed by atoms with E-state index in [1.165, 1.54) is 53.4 Å². The Bertz CT molecular complexity index is 1060. The van der Waals surface area contributed by atoms with Crippen molar-refractivity contribution in [2.24, 2.45) is 0 Å². The number of nitrogens with zero attached hydrogens (tertiary/aromatic N) is 2. The Morgan fingerprint density at radius 2 is 1.61 bits per heavy atom. The molecule has 1 saturated carbocycles. The van der Waals surface area contributed by atoms with E-state index in [-0.39, 0.29) is 22.9 Å². The quantitative estimate of drug-likeness (QED) is 0.256. The first kappa shape index (κ1) is 20.7. The van der Waals surface area contributed by atoms with E-state index in [0.29, 0.717) is 5.56 Å². The van der Waals surface area contributed by atoms with Gasteiger partial charge in [-0.15, -0.1) is 0 Å². The van der Waals surface area contributed by atoms with Gasteiger partial charge in [-0.25, -0.2) is 4.39 Å². The van der Waals surface area contributed by atoms with Crippen LogP contribution in [0.1, 0.15) is 49.3 Å². The van der Waals surface area contributed by atoms with Gasteiger partial charge in [-0.3, -0.25) is 19.7 Å². The molecule has 0 spiro atoms. The Kier molecular flexibility index (Phi) is 5.54. The van der Waals surface area contributed by atoms with E-state index in [1.807, 2.05) is 0 Å². The molecule has 1 heterocycles. The van der Waals surface area contributed by atoms with Crippen LogP contribution in [0.2, 0.25) is 0 Å². The monoisotopic (exact) mass is 424 g/mol. The zero-order valence-electron chi connectivity index (χ0n) is 16.7. The predicted molar refractivity (Wildman–Crippen MR) is 111 cm³/mol. The van der Waals surface area contributed by atoms with Crippen molar-refractivity contribution in [1.82, 2.24) is 4.90 Å². The number of rotatable bonds is 4. The topological polar surface area (TPSA) is 101 Å². The number of carbonyl (C=O) groups is 2. The van der Waals surface area contributed by atoms with Gasteiger partial charge in [-0.05, 0) is 42.7 Å². The molecule has 1 aliphatic heterocycles. The predicted octanol–water partition coefficient (Wildman–Crippen LogP) is 4.49. The number of benzene rings is 2. The summed E-state index contributed by atoms with van der Waals surface area (Å²) in [7, 11) is 0. The molecule has 0 aromatic heterocycles. The Morgan fingerprint density at radius 3 is 2.19 bits per heavy atom. The molecule has 7 nitrogen and oxygen atoms in total. The molecule has 0 radical (unpaired) electrons. The van der Waals surface area contributed by atoms with Gasteiger partial charge in [0.2, 0.25) is 0 Å². The SMILES string of the molecule is O=C1C(=O)N(C2CCCCC2)C(c2ccc(F)cc2)/C1=C(/O)c1ccc([N+](=O)[O-])cc1. The molecule has 1 unspecified atom stereocenters. The Balaban J connectivity index is 1.84. The molecule has 4 rings (SSSR count). The van der Waals surface area contributed by atoms with Crippen molar-refractivity contribution in [1.29, 1.82) is 0 Å². The van der Waals surface area contributed by atoms with Gasteiger partial charge in [0.1, 0.15) is 11.6 Å². The van der Waals surface area contributed by atoms with Gasteiger partial charge in [0.15, 0.2) is 0 Å². The average Bonchev–Trinajstić information content (AvgIpc) is 3.05. The van der Waals surface area contributed by atoms with Crippen molar-refractivity contribution >= 4 is 23.1 Å². The summed E-state index contributed by atoms with van der Waals surface area (Å²) in [6.45, 7) is 0. The third-order valence-corrected chi connectivity index (χ3v) is 5.99. The lowest BCUT2D eigenvalue weighted by atomic mass is 9.91. The molecule has 2 aromatic rings. The minimum Gasteiger partial charge on any atom is -0.507 e. The van der Waals surface area contributed by atoms with E-state index in [1.54, 1.807) is 0 Å². The third kappa shape index (κ3) is 3.81. The van der Waals surface area contributed by atoms with Gasteiger partial charge < -0.3 is 10.0 Å². The minimum absolute atomic E-state index is 0.0870. The molecule has 2 fully saturated rings. The highest BCUT2D eigenvalue weighted by atomic mass is 19.1. The smallest absolute Gasteiger partial charge is 0.295 e. The second kappa shape index (κ2) is 8.29.